The third-order valence-corrected chi connectivity index (χ3v) is 5.74. The minimum atomic E-state index is -0.662. The molecule has 0 fully saturated rings. The summed E-state index contributed by atoms with van der Waals surface area (Å²) in [6.07, 6.45) is 0.422. The molecular weight excluding hydrogens is 394 g/mol. The second kappa shape index (κ2) is 9.75. The van der Waals surface area contributed by atoms with Crippen molar-refractivity contribution in [2.75, 3.05) is 32.6 Å². The van der Waals surface area contributed by atoms with Crippen LogP contribution in [0.2, 0.25) is 0 Å². The Kier molecular flexibility index (Phi) is 7.07. The summed E-state index contributed by atoms with van der Waals surface area (Å²) >= 11 is 0. The van der Waals surface area contributed by atoms with Crippen LogP contribution in [-0.4, -0.2) is 60.9 Å². The zero-order valence-electron chi connectivity index (χ0n) is 18.5. The van der Waals surface area contributed by atoms with Crippen molar-refractivity contribution in [1.29, 1.82) is 0 Å². The van der Waals surface area contributed by atoms with Gasteiger partial charge in [0.1, 0.15) is 6.04 Å². The average molecular weight is 424 g/mol. The number of methoxy groups -OCH3 is 1. The predicted octanol–water partition coefficient (Wildman–Crippen LogP) is 2.30. The first-order valence-corrected chi connectivity index (χ1v) is 10.3. The molecule has 0 bridgehead atoms. The van der Waals surface area contributed by atoms with E-state index in [-0.39, 0.29) is 24.9 Å². The minimum Gasteiger partial charge on any atom is -0.467 e. The Morgan fingerprint density at radius 2 is 1.77 bits per heavy atom. The van der Waals surface area contributed by atoms with E-state index >= 15 is 0 Å². The maximum atomic E-state index is 13.0. The SMILES string of the molecule is COC(=O)[C@@H]1Cc2ccccc2CN1C(=O)CN(C)CC(=O)Nc1cccc(C)c1C. The van der Waals surface area contributed by atoms with Crippen LogP contribution in [0.1, 0.15) is 22.3 Å². The van der Waals surface area contributed by atoms with Crippen molar-refractivity contribution in [3.63, 3.8) is 0 Å². The number of likely N-dealkylation sites (N-methyl/N-ethyl adjacent to an activating group) is 1. The summed E-state index contributed by atoms with van der Waals surface area (Å²) in [7, 11) is 3.04. The maximum absolute atomic E-state index is 13.0. The lowest BCUT2D eigenvalue weighted by Gasteiger charge is -2.36. The average Bonchev–Trinajstić information content (AvgIpc) is 2.75. The number of ether oxygens (including phenoxy) is 1. The Balaban J connectivity index is 1.64. The lowest BCUT2D eigenvalue weighted by molar-refractivity contribution is -0.154. The van der Waals surface area contributed by atoms with Crippen molar-refractivity contribution in [1.82, 2.24) is 9.80 Å². The van der Waals surface area contributed by atoms with Crippen LogP contribution in [0.3, 0.4) is 0 Å². The molecule has 2 aromatic rings. The van der Waals surface area contributed by atoms with Crippen LogP contribution in [0, 0.1) is 13.8 Å². The molecule has 1 aliphatic rings. The molecule has 7 nitrogen and oxygen atoms in total. The van der Waals surface area contributed by atoms with Gasteiger partial charge in [0.25, 0.3) is 0 Å². The molecule has 0 radical (unpaired) electrons. The van der Waals surface area contributed by atoms with Crippen LogP contribution in [-0.2, 0) is 32.1 Å². The van der Waals surface area contributed by atoms with Gasteiger partial charge < -0.3 is 15.0 Å². The summed E-state index contributed by atoms with van der Waals surface area (Å²) < 4.78 is 4.93. The number of amides is 2. The van der Waals surface area contributed by atoms with Crippen LogP contribution >= 0.6 is 0 Å². The number of benzene rings is 2. The van der Waals surface area contributed by atoms with E-state index in [1.165, 1.54) is 7.11 Å². The minimum absolute atomic E-state index is 0.0237. The number of hydrogen-bond acceptors (Lipinski definition) is 5. The molecule has 0 aromatic heterocycles. The molecule has 1 heterocycles. The van der Waals surface area contributed by atoms with Gasteiger partial charge in [-0.05, 0) is 49.2 Å². The number of nitrogens with one attached hydrogen (secondary N) is 1. The van der Waals surface area contributed by atoms with E-state index in [9.17, 15) is 14.4 Å². The van der Waals surface area contributed by atoms with Gasteiger partial charge in [0.15, 0.2) is 0 Å². The number of fused-ring (bicyclic) bond motifs is 1. The van der Waals surface area contributed by atoms with Crippen LogP contribution in [0.4, 0.5) is 5.69 Å². The van der Waals surface area contributed by atoms with Gasteiger partial charge in [0, 0.05) is 18.7 Å². The van der Waals surface area contributed by atoms with Crippen LogP contribution in [0.25, 0.3) is 0 Å². The molecule has 1 N–H and O–H groups in total. The Labute approximate surface area is 183 Å². The van der Waals surface area contributed by atoms with Gasteiger partial charge in [0.2, 0.25) is 11.8 Å². The quantitative estimate of drug-likeness (QED) is 0.722. The summed E-state index contributed by atoms with van der Waals surface area (Å²) in [4.78, 5) is 41.0. The number of hydrogen-bond donors (Lipinski definition) is 1. The highest BCUT2D eigenvalue weighted by Crippen LogP contribution is 2.24. The van der Waals surface area contributed by atoms with Crippen molar-refractivity contribution in [2.45, 2.75) is 32.9 Å². The number of aryl methyl sites for hydroxylation is 1. The molecule has 0 unspecified atom stereocenters. The number of carbonyl (C=O) groups is 3. The highest BCUT2D eigenvalue weighted by atomic mass is 16.5. The van der Waals surface area contributed by atoms with Gasteiger partial charge in [-0.1, -0.05) is 36.4 Å². The fourth-order valence-corrected chi connectivity index (χ4v) is 3.83. The Hall–Kier alpha value is -3.19. The maximum Gasteiger partial charge on any atom is 0.328 e. The third-order valence-electron chi connectivity index (χ3n) is 5.74. The third kappa shape index (κ3) is 5.30. The largest absolute Gasteiger partial charge is 0.467 e. The van der Waals surface area contributed by atoms with Crippen LogP contribution in [0.5, 0.6) is 0 Å². The standard InChI is InChI=1S/C24H29N3O4/c1-16-8-7-11-20(17(16)2)25-22(28)14-26(3)15-23(29)27-13-19-10-6-5-9-18(19)12-21(27)24(30)31-4/h5-11,21H,12-15H2,1-4H3,(H,25,28)/t21-/m0/s1. The topological polar surface area (TPSA) is 79.0 Å². The van der Waals surface area contributed by atoms with E-state index in [1.54, 1.807) is 16.8 Å². The lowest BCUT2D eigenvalue weighted by Crippen LogP contribution is -2.52. The van der Waals surface area contributed by atoms with Gasteiger partial charge in [0.05, 0.1) is 20.2 Å². The van der Waals surface area contributed by atoms with Gasteiger partial charge in [-0.2, -0.15) is 0 Å². The molecule has 1 aliphatic heterocycles. The van der Waals surface area contributed by atoms with Gasteiger partial charge >= 0.3 is 5.97 Å². The number of carbonyl (C=O) groups excluding carboxylic acids is 3. The summed E-state index contributed by atoms with van der Waals surface area (Å²) in [6, 6.07) is 12.9. The zero-order chi connectivity index (χ0) is 22.5. The van der Waals surface area contributed by atoms with Gasteiger partial charge in [-0.15, -0.1) is 0 Å². The molecule has 7 heteroatoms. The number of anilines is 1. The lowest BCUT2D eigenvalue weighted by atomic mass is 9.94. The monoisotopic (exact) mass is 423 g/mol. The second-order valence-corrected chi connectivity index (χ2v) is 8.00. The zero-order valence-corrected chi connectivity index (χ0v) is 18.5. The second-order valence-electron chi connectivity index (χ2n) is 8.00. The highest BCUT2D eigenvalue weighted by Gasteiger charge is 2.35. The van der Waals surface area contributed by atoms with Crippen molar-refractivity contribution in [3.8, 4) is 0 Å². The van der Waals surface area contributed by atoms with E-state index in [4.69, 9.17) is 4.74 Å². The van der Waals surface area contributed by atoms with Crippen LogP contribution < -0.4 is 5.32 Å². The number of rotatable bonds is 6. The van der Waals surface area contributed by atoms with E-state index < -0.39 is 12.0 Å². The summed E-state index contributed by atoms with van der Waals surface area (Å²) in [5.41, 5.74) is 4.95. The molecule has 31 heavy (non-hydrogen) atoms. The molecule has 3 rings (SSSR count). The van der Waals surface area contributed by atoms with Crippen molar-refractivity contribution >= 4 is 23.5 Å². The van der Waals surface area contributed by atoms with Crippen molar-refractivity contribution in [3.05, 3.63) is 64.7 Å². The van der Waals surface area contributed by atoms with E-state index in [0.717, 1.165) is 27.9 Å². The Bertz CT molecular complexity index is 989. The number of nitrogens with zero attached hydrogens (tertiary/aromatic N) is 2. The summed E-state index contributed by atoms with van der Waals surface area (Å²) in [5.74, 6) is -0.845. The van der Waals surface area contributed by atoms with Gasteiger partial charge in [-0.25, -0.2) is 4.79 Å². The number of esters is 1. The van der Waals surface area contributed by atoms with Crippen LogP contribution in [0.15, 0.2) is 42.5 Å². The molecule has 2 aromatic carbocycles. The van der Waals surface area contributed by atoms with Crippen molar-refractivity contribution in [2.24, 2.45) is 0 Å². The molecule has 0 aliphatic carbocycles. The van der Waals surface area contributed by atoms with E-state index in [2.05, 4.69) is 5.32 Å². The Morgan fingerprint density at radius 3 is 2.48 bits per heavy atom. The molecule has 1 atom stereocenters. The fraction of sp³-hybridized carbons (Fsp3) is 0.375. The molecular formula is C24H29N3O4. The molecule has 2 amide bonds. The summed E-state index contributed by atoms with van der Waals surface area (Å²) in [6.45, 7) is 4.38. The molecule has 0 spiro atoms. The smallest absolute Gasteiger partial charge is 0.328 e. The first-order chi connectivity index (χ1) is 14.8. The first-order valence-electron chi connectivity index (χ1n) is 10.3. The van der Waals surface area contributed by atoms with Gasteiger partial charge in [-0.3, -0.25) is 14.5 Å². The van der Waals surface area contributed by atoms with E-state index in [1.807, 2.05) is 56.3 Å². The molecule has 0 saturated heterocycles. The molecule has 164 valence electrons. The first kappa shape index (κ1) is 22.5. The van der Waals surface area contributed by atoms with E-state index in [0.29, 0.717) is 13.0 Å². The highest BCUT2D eigenvalue weighted by molar-refractivity contribution is 5.93. The summed E-state index contributed by atoms with van der Waals surface area (Å²) in [5, 5.41) is 2.90. The normalized spacial score (nSPS) is 15.4. The Morgan fingerprint density at radius 1 is 1.06 bits per heavy atom. The predicted molar refractivity (Wildman–Crippen MR) is 119 cm³/mol. The molecule has 0 saturated carbocycles. The van der Waals surface area contributed by atoms with Crippen molar-refractivity contribution < 1.29 is 19.1 Å². The fourth-order valence-electron chi connectivity index (χ4n) is 3.83.